The SMILES string of the molecule is CC(C)[C@@H](C(=O)O)c1ccc(F)cc1F. The average Bonchev–Trinajstić information content (AvgIpc) is 2.08. The van der Waals surface area contributed by atoms with Crippen LogP contribution < -0.4 is 0 Å². The van der Waals surface area contributed by atoms with E-state index in [0.717, 1.165) is 6.07 Å². The molecule has 0 unspecified atom stereocenters. The maximum Gasteiger partial charge on any atom is 0.311 e. The van der Waals surface area contributed by atoms with Crippen LogP contribution in [0.4, 0.5) is 8.78 Å². The summed E-state index contributed by atoms with van der Waals surface area (Å²) in [5.41, 5.74) is 0.0268. The molecule has 0 aromatic heterocycles. The van der Waals surface area contributed by atoms with Crippen LogP contribution in [0.25, 0.3) is 0 Å². The normalized spacial score (nSPS) is 12.9. The first kappa shape index (κ1) is 11.6. The first-order chi connectivity index (χ1) is 6.93. The maximum absolute atomic E-state index is 13.3. The third-order valence-corrected chi connectivity index (χ3v) is 2.23. The van der Waals surface area contributed by atoms with Gasteiger partial charge in [0.2, 0.25) is 0 Å². The first-order valence-corrected chi connectivity index (χ1v) is 4.61. The molecule has 0 aliphatic carbocycles. The molecule has 4 heteroatoms. The molecular formula is C11H12F2O2. The van der Waals surface area contributed by atoms with Gasteiger partial charge in [-0.2, -0.15) is 0 Å². The Bertz CT molecular complexity index is 375. The van der Waals surface area contributed by atoms with Crippen LogP contribution in [0.1, 0.15) is 25.3 Å². The van der Waals surface area contributed by atoms with E-state index in [-0.39, 0.29) is 11.5 Å². The molecule has 0 radical (unpaired) electrons. The van der Waals surface area contributed by atoms with Gasteiger partial charge < -0.3 is 5.11 Å². The second-order valence-corrected chi connectivity index (χ2v) is 3.73. The molecule has 15 heavy (non-hydrogen) atoms. The van der Waals surface area contributed by atoms with Crippen molar-refractivity contribution in [2.75, 3.05) is 0 Å². The van der Waals surface area contributed by atoms with Crippen LogP contribution in [-0.4, -0.2) is 11.1 Å². The highest BCUT2D eigenvalue weighted by Crippen LogP contribution is 2.27. The summed E-state index contributed by atoms with van der Waals surface area (Å²) in [4.78, 5) is 10.9. The van der Waals surface area contributed by atoms with Crippen LogP contribution in [0.5, 0.6) is 0 Å². The Hall–Kier alpha value is -1.45. The van der Waals surface area contributed by atoms with Gasteiger partial charge in [-0.1, -0.05) is 19.9 Å². The van der Waals surface area contributed by atoms with Gasteiger partial charge in [0, 0.05) is 11.6 Å². The summed E-state index contributed by atoms with van der Waals surface area (Å²) in [5, 5.41) is 8.93. The number of benzene rings is 1. The number of carbonyl (C=O) groups is 1. The third-order valence-electron chi connectivity index (χ3n) is 2.23. The number of hydrogen-bond donors (Lipinski definition) is 1. The van der Waals surface area contributed by atoms with Crippen molar-refractivity contribution in [3.8, 4) is 0 Å². The van der Waals surface area contributed by atoms with Gasteiger partial charge in [0.25, 0.3) is 0 Å². The van der Waals surface area contributed by atoms with Crippen molar-refractivity contribution in [2.24, 2.45) is 5.92 Å². The Kier molecular flexibility index (Phi) is 3.39. The van der Waals surface area contributed by atoms with Gasteiger partial charge in [-0.15, -0.1) is 0 Å². The fourth-order valence-corrected chi connectivity index (χ4v) is 1.53. The molecule has 1 atom stereocenters. The van der Waals surface area contributed by atoms with E-state index in [1.54, 1.807) is 13.8 Å². The molecule has 0 saturated heterocycles. The lowest BCUT2D eigenvalue weighted by Gasteiger charge is -2.17. The topological polar surface area (TPSA) is 37.3 Å². The highest BCUT2D eigenvalue weighted by atomic mass is 19.1. The van der Waals surface area contributed by atoms with Gasteiger partial charge in [0.05, 0.1) is 5.92 Å². The van der Waals surface area contributed by atoms with Crippen LogP contribution in [0, 0.1) is 17.6 Å². The molecule has 0 heterocycles. The van der Waals surface area contributed by atoms with E-state index in [0.29, 0.717) is 6.07 Å². The summed E-state index contributed by atoms with van der Waals surface area (Å²) < 4.78 is 25.9. The Morgan fingerprint density at radius 3 is 2.33 bits per heavy atom. The van der Waals surface area contributed by atoms with Gasteiger partial charge in [-0.3, -0.25) is 4.79 Å². The van der Waals surface area contributed by atoms with E-state index in [2.05, 4.69) is 0 Å². The lowest BCUT2D eigenvalue weighted by molar-refractivity contribution is -0.139. The van der Waals surface area contributed by atoms with Gasteiger partial charge in [0.1, 0.15) is 11.6 Å². The van der Waals surface area contributed by atoms with Crippen molar-refractivity contribution in [1.29, 1.82) is 0 Å². The molecule has 82 valence electrons. The standard InChI is InChI=1S/C11H12F2O2/c1-6(2)10(11(14)15)8-4-3-7(12)5-9(8)13/h3-6,10H,1-2H3,(H,14,15)/t10-/m1/s1. The molecular weight excluding hydrogens is 202 g/mol. The zero-order valence-electron chi connectivity index (χ0n) is 8.50. The lowest BCUT2D eigenvalue weighted by atomic mass is 9.88. The molecule has 0 spiro atoms. The number of aliphatic carboxylic acids is 1. The van der Waals surface area contributed by atoms with Crippen molar-refractivity contribution >= 4 is 5.97 Å². The highest BCUT2D eigenvalue weighted by molar-refractivity contribution is 5.76. The summed E-state index contributed by atoms with van der Waals surface area (Å²) >= 11 is 0. The number of rotatable bonds is 3. The minimum Gasteiger partial charge on any atom is -0.481 e. The number of carboxylic acids is 1. The van der Waals surface area contributed by atoms with Crippen LogP contribution >= 0.6 is 0 Å². The zero-order valence-corrected chi connectivity index (χ0v) is 8.50. The summed E-state index contributed by atoms with van der Waals surface area (Å²) in [6.07, 6.45) is 0. The van der Waals surface area contributed by atoms with E-state index >= 15 is 0 Å². The van der Waals surface area contributed by atoms with Gasteiger partial charge in [-0.25, -0.2) is 8.78 Å². The van der Waals surface area contributed by atoms with Crippen molar-refractivity contribution in [3.05, 3.63) is 35.4 Å². The predicted octanol–water partition coefficient (Wildman–Crippen LogP) is 2.79. The van der Waals surface area contributed by atoms with Crippen molar-refractivity contribution in [2.45, 2.75) is 19.8 Å². The van der Waals surface area contributed by atoms with Gasteiger partial charge >= 0.3 is 5.97 Å². The Morgan fingerprint density at radius 1 is 1.33 bits per heavy atom. The minimum atomic E-state index is -1.10. The predicted molar refractivity (Wildman–Crippen MR) is 51.6 cm³/mol. The van der Waals surface area contributed by atoms with E-state index in [9.17, 15) is 13.6 Å². The summed E-state index contributed by atoms with van der Waals surface area (Å²) in [6, 6.07) is 2.95. The number of hydrogen-bond acceptors (Lipinski definition) is 1. The molecule has 1 N–H and O–H groups in total. The fraction of sp³-hybridized carbons (Fsp3) is 0.364. The molecule has 0 aliphatic rings. The number of carboxylic acid groups (broad SMARTS) is 1. The Morgan fingerprint density at radius 2 is 1.93 bits per heavy atom. The number of halogens is 2. The molecule has 2 nitrogen and oxygen atoms in total. The maximum atomic E-state index is 13.3. The van der Waals surface area contributed by atoms with Crippen LogP contribution in [-0.2, 0) is 4.79 Å². The lowest BCUT2D eigenvalue weighted by Crippen LogP contribution is -2.18. The first-order valence-electron chi connectivity index (χ1n) is 4.61. The van der Waals surface area contributed by atoms with E-state index in [1.165, 1.54) is 6.07 Å². The summed E-state index contributed by atoms with van der Waals surface area (Å²) in [5.74, 6) is -3.80. The monoisotopic (exact) mass is 214 g/mol. The molecule has 0 aliphatic heterocycles. The summed E-state index contributed by atoms with van der Waals surface area (Å²) in [7, 11) is 0. The molecule has 0 amide bonds. The molecule has 1 aromatic carbocycles. The Balaban J connectivity index is 3.17. The average molecular weight is 214 g/mol. The minimum absolute atomic E-state index is 0.0268. The molecule has 0 saturated carbocycles. The van der Waals surface area contributed by atoms with E-state index in [4.69, 9.17) is 5.11 Å². The molecule has 0 bridgehead atoms. The fourth-order valence-electron chi connectivity index (χ4n) is 1.53. The highest BCUT2D eigenvalue weighted by Gasteiger charge is 2.26. The smallest absolute Gasteiger partial charge is 0.311 e. The second kappa shape index (κ2) is 4.38. The molecule has 1 aromatic rings. The van der Waals surface area contributed by atoms with Crippen molar-refractivity contribution in [1.82, 2.24) is 0 Å². The zero-order chi connectivity index (χ0) is 11.6. The molecule has 1 rings (SSSR count). The van der Waals surface area contributed by atoms with Crippen LogP contribution in [0.15, 0.2) is 18.2 Å². The third kappa shape index (κ3) is 2.52. The quantitative estimate of drug-likeness (QED) is 0.840. The summed E-state index contributed by atoms with van der Waals surface area (Å²) in [6.45, 7) is 3.36. The van der Waals surface area contributed by atoms with Crippen molar-refractivity contribution in [3.63, 3.8) is 0 Å². The molecule has 0 fully saturated rings. The van der Waals surface area contributed by atoms with Crippen LogP contribution in [0.2, 0.25) is 0 Å². The van der Waals surface area contributed by atoms with Crippen LogP contribution in [0.3, 0.4) is 0 Å². The van der Waals surface area contributed by atoms with E-state index in [1.807, 2.05) is 0 Å². The second-order valence-electron chi connectivity index (χ2n) is 3.73. The van der Waals surface area contributed by atoms with Crippen molar-refractivity contribution < 1.29 is 18.7 Å². The largest absolute Gasteiger partial charge is 0.481 e. The Labute approximate surface area is 86.5 Å². The van der Waals surface area contributed by atoms with Gasteiger partial charge in [-0.05, 0) is 12.0 Å². The van der Waals surface area contributed by atoms with E-state index < -0.39 is 23.5 Å². The van der Waals surface area contributed by atoms with Gasteiger partial charge in [0.15, 0.2) is 0 Å².